The van der Waals surface area contributed by atoms with E-state index < -0.39 is 24.0 Å². The van der Waals surface area contributed by atoms with Crippen LogP contribution in [0, 0.1) is 11.8 Å². The molecular formula is C18H28N2O6S2. The van der Waals surface area contributed by atoms with Crippen LogP contribution in [0.1, 0.15) is 39.5 Å². The molecule has 0 unspecified atom stereocenters. The van der Waals surface area contributed by atoms with Crippen LogP contribution in [0.15, 0.2) is 0 Å². The molecule has 2 fully saturated rings. The summed E-state index contributed by atoms with van der Waals surface area (Å²) in [6.07, 6.45) is 2.43. The summed E-state index contributed by atoms with van der Waals surface area (Å²) in [4.78, 5) is 50.4. The summed E-state index contributed by atoms with van der Waals surface area (Å²) in [6.45, 7) is 4.57. The van der Waals surface area contributed by atoms with Crippen LogP contribution in [0.25, 0.3) is 0 Å². The number of hydrogen-bond donors (Lipinski definition) is 2. The molecule has 2 aliphatic rings. The zero-order valence-electron chi connectivity index (χ0n) is 16.2. The topological polar surface area (TPSA) is 115 Å². The molecule has 2 aliphatic heterocycles. The second kappa shape index (κ2) is 10.4. The number of hydrogen-bond acceptors (Lipinski definition) is 6. The maximum Gasteiger partial charge on any atom is 0.326 e. The Morgan fingerprint density at radius 2 is 1.18 bits per heavy atom. The van der Waals surface area contributed by atoms with E-state index in [4.69, 9.17) is 0 Å². The van der Waals surface area contributed by atoms with E-state index in [9.17, 15) is 29.4 Å². The smallest absolute Gasteiger partial charge is 0.326 e. The average molecular weight is 433 g/mol. The third-order valence-electron chi connectivity index (χ3n) is 5.20. The SMILES string of the molecule is C[C@@H](CSSC[C@H](C)C(=O)N1CCC[C@@H]1C(=O)O)C(=O)N1CCC[C@@H]1C(=O)O. The Balaban J connectivity index is 1.73. The van der Waals surface area contributed by atoms with Crippen LogP contribution in [0.3, 0.4) is 0 Å². The number of aliphatic carboxylic acids is 2. The number of carboxylic acid groups (broad SMARTS) is 2. The summed E-state index contributed by atoms with van der Waals surface area (Å²) in [5.41, 5.74) is 0. The van der Waals surface area contributed by atoms with E-state index in [-0.39, 0.29) is 23.7 Å². The molecule has 0 aliphatic carbocycles. The molecule has 0 aromatic carbocycles. The van der Waals surface area contributed by atoms with E-state index in [0.717, 1.165) is 0 Å². The molecule has 2 rings (SSSR count). The standard InChI is InChI=1S/C18H28N2O6S2/c1-11(15(21)19-7-3-5-13(19)17(23)24)9-27-28-10-12(2)16(22)20-8-4-6-14(20)18(25)26/h11-14H,3-10H2,1-2H3,(H,23,24)(H,25,26)/t11-,12-,13+,14+/m0/s1. The lowest BCUT2D eigenvalue weighted by molar-refractivity contribution is -0.149. The lowest BCUT2D eigenvalue weighted by Gasteiger charge is -2.25. The molecule has 2 saturated heterocycles. The molecule has 28 heavy (non-hydrogen) atoms. The quantitative estimate of drug-likeness (QED) is 0.419. The zero-order chi connectivity index (χ0) is 20.8. The molecule has 0 spiro atoms. The molecule has 0 saturated carbocycles. The van der Waals surface area contributed by atoms with Gasteiger partial charge in [0.05, 0.1) is 0 Å². The largest absolute Gasteiger partial charge is 0.480 e. The summed E-state index contributed by atoms with van der Waals surface area (Å²) in [6, 6.07) is -1.43. The normalized spacial score (nSPS) is 24.2. The Morgan fingerprint density at radius 1 is 0.821 bits per heavy atom. The van der Waals surface area contributed by atoms with Gasteiger partial charge in [0.1, 0.15) is 12.1 Å². The number of carbonyl (C=O) groups excluding carboxylic acids is 2. The minimum Gasteiger partial charge on any atom is -0.480 e. The number of carboxylic acids is 2. The Kier molecular flexibility index (Phi) is 8.48. The zero-order valence-corrected chi connectivity index (χ0v) is 17.8. The van der Waals surface area contributed by atoms with Gasteiger partial charge < -0.3 is 20.0 Å². The maximum atomic E-state index is 12.5. The van der Waals surface area contributed by atoms with Gasteiger partial charge in [0.25, 0.3) is 0 Å². The summed E-state index contributed by atoms with van der Waals surface area (Å²) in [5, 5.41) is 18.4. The highest BCUT2D eigenvalue weighted by atomic mass is 33.1. The van der Waals surface area contributed by atoms with Gasteiger partial charge in [0.2, 0.25) is 11.8 Å². The molecule has 0 bridgehead atoms. The van der Waals surface area contributed by atoms with Crippen molar-refractivity contribution in [2.45, 2.75) is 51.6 Å². The number of likely N-dealkylation sites (tertiary alicyclic amines) is 2. The number of rotatable bonds is 9. The number of nitrogens with zero attached hydrogens (tertiary/aromatic N) is 2. The van der Waals surface area contributed by atoms with Crippen LogP contribution >= 0.6 is 21.6 Å². The van der Waals surface area contributed by atoms with Crippen molar-refractivity contribution < 1.29 is 29.4 Å². The van der Waals surface area contributed by atoms with Crippen molar-refractivity contribution in [3.05, 3.63) is 0 Å². The highest BCUT2D eigenvalue weighted by Gasteiger charge is 2.37. The van der Waals surface area contributed by atoms with Crippen molar-refractivity contribution in [2.24, 2.45) is 11.8 Å². The van der Waals surface area contributed by atoms with E-state index in [1.807, 2.05) is 0 Å². The first kappa shape index (κ1) is 22.9. The Hall–Kier alpha value is -1.42. The van der Waals surface area contributed by atoms with Gasteiger partial charge >= 0.3 is 11.9 Å². The molecule has 4 atom stereocenters. The van der Waals surface area contributed by atoms with Crippen LogP contribution in [-0.2, 0) is 19.2 Å². The fraction of sp³-hybridized carbons (Fsp3) is 0.778. The first-order valence-corrected chi connectivity index (χ1v) is 12.0. The first-order chi connectivity index (χ1) is 13.2. The van der Waals surface area contributed by atoms with Gasteiger partial charge in [-0.25, -0.2) is 9.59 Å². The van der Waals surface area contributed by atoms with Gasteiger partial charge in [-0.3, -0.25) is 9.59 Å². The van der Waals surface area contributed by atoms with Crippen molar-refractivity contribution in [1.29, 1.82) is 0 Å². The molecule has 2 amide bonds. The van der Waals surface area contributed by atoms with Gasteiger partial charge in [-0.1, -0.05) is 35.4 Å². The summed E-state index contributed by atoms with van der Waals surface area (Å²) < 4.78 is 0. The van der Waals surface area contributed by atoms with Gasteiger partial charge in [-0.05, 0) is 25.7 Å². The van der Waals surface area contributed by atoms with Crippen LogP contribution < -0.4 is 0 Å². The van der Waals surface area contributed by atoms with Crippen molar-refractivity contribution in [1.82, 2.24) is 9.80 Å². The molecule has 158 valence electrons. The van der Waals surface area contributed by atoms with Crippen molar-refractivity contribution in [3.8, 4) is 0 Å². The third kappa shape index (κ3) is 5.56. The maximum absolute atomic E-state index is 12.5. The second-order valence-corrected chi connectivity index (χ2v) is 9.98. The van der Waals surface area contributed by atoms with E-state index in [0.29, 0.717) is 50.3 Å². The summed E-state index contributed by atoms with van der Waals surface area (Å²) in [7, 11) is 2.98. The Bertz CT molecular complexity index is 565. The summed E-state index contributed by atoms with van der Waals surface area (Å²) >= 11 is 0. The minimum atomic E-state index is -0.950. The van der Waals surface area contributed by atoms with Crippen molar-refractivity contribution >= 4 is 45.3 Å². The molecular weight excluding hydrogens is 404 g/mol. The van der Waals surface area contributed by atoms with Crippen molar-refractivity contribution in [2.75, 3.05) is 24.6 Å². The van der Waals surface area contributed by atoms with Crippen LogP contribution in [0.2, 0.25) is 0 Å². The Labute approximate surface area is 172 Å². The van der Waals surface area contributed by atoms with E-state index in [1.54, 1.807) is 13.8 Å². The van der Waals surface area contributed by atoms with Gasteiger partial charge in [0.15, 0.2) is 0 Å². The van der Waals surface area contributed by atoms with Crippen LogP contribution in [0.5, 0.6) is 0 Å². The predicted octanol–water partition coefficient (Wildman–Crippen LogP) is 1.79. The summed E-state index contributed by atoms with van der Waals surface area (Å²) in [5.74, 6) is -1.68. The van der Waals surface area contributed by atoms with E-state index in [1.165, 1.54) is 31.4 Å². The van der Waals surface area contributed by atoms with Gasteiger partial charge in [-0.2, -0.15) is 0 Å². The van der Waals surface area contributed by atoms with Gasteiger partial charge in [-0.15, -0.1) is 0 Å². The molecule has 2 N–H and O–H groups in total. The van der Waals surface area contributed by atoms with Crippen molar-refractivity contribution in [3.63, 3.8) is 0 Å². The molecule has 2 heterocycles. The van der Waals surface area contributed by atoms with Gasteiger partial charge in [0, 0.05) is 36.4 Å². The highest BCUT2D eigenvalue weighted by molar-refractivity contribution is 8.76. The first-order valence-electron chi connectivity index (χ1n) is 9.55. The predicted molar refractivity (Wildman–Crippen MR) is 108 cm³/mol. The highest BCUT2D eigenvalue weighted by Crippen LogP contribution is 2.30. The molecule has 8 nitrogen and oxygen atoms in total. The molecule has 0 radical (unpaired) electrons. The number of amides is 2. The Morgan fingerprint density at radius 3 is 1.50 bits per heavy atom. The lowest BCUT2D eigenvalue weighted by atomic mass is 10.1. The minimum absolute atomic E-state index is 0.136. The third-order valence-corrected chi connectivity index (χ3v) is 7.96. The molecule has 0 aromatic heterocycles. The van der Waals surface area contributed by atoms with E-state index in [2.05, 4.69) is 0 Å². The number of carbonyl (C=O) groups is 4. The van der Waals surface area contributed by atoms with Crippen LogP contribution in [0.4, 0.5) is 0 Å². The van der Waals surface area contributed by atoms with E-state index >= 15 is 0 Å². The monoisotopic (exact) mass is 432 g/mol. The average Bonchev–Trinajstić information content (AvgIpc) is 3.32. The second-order valence-electron chi connectivity index (χ2n) is 7.43. The lowest BCUT2D eigenvalue weighted by Crippen LogP contribution is -2.43. The molecule has 10 heteroatoms. The van der Waals surface area contributed by atoms with Crippen LogP contribution in [-0.4, -0.2) is 80.4 Å². The fourth-order valence-electron chi connectivity index (χ4n) is 3.58. The molecule has 0 aromatic rings. The fourth-order valence-corrected chi connectivity index (χ4v) is 6.27.